The van der Waals surface area contributed by atoms with Crippen molar-refractivity contribution in [3.63, 3.8) is 0 Å². The molecule has 0 aromatic rings. The largest absolute Gasteiger partial charge is 0.394 e. The summed E-state index contributed by atoms with van der Waals surface area (Å²) in [5.41, 5.74) is 0. The predicted molar refractivity (Wildman–Crippen MR) is 75.2 cm³/mol. The van der Waals surface area contributed by atoms with Crippen molar-refractivity contribution < 1.29 is 44.8 Å². The van der Waals surface area contributed by atoms with Gasteiger partial charge < -0.3 is 44.8 Å². The first-order chi connectivity index (χ1) is 10.8. The minimum Gasteiger partial charge on any atom is -0.394 e. The van der Waals surface area contributed by atoms with Gasteiger partial charge in [-0.2, -0.15) is 0 Å². The van der Waals surface area contributed by atoms with Crippen LogP contribution in [0.3, 0.4) is 0 Å². The molecule has 10 atom stereocenters. The minimum atomic E-state index is -1.58. The molecule has 2 aliphatic heterocycles. The molecule has 23 heavy (non-hydrogen) atoms. The normalized spacial score (nSPS) is 51.7. The van der Waals surface area contributed by atoms with Gasteiger partial charge >= 0.3 is 0 Å². The fourth-order valence-corrected chi connectivity index (χ4v) is 2.92. The molecule has 2 aliphatic rings. The molecule has 9 heteroatoms. The Morgan fingerprint density at radius 2 is 1.39 bits per heavy atom. The lowest BCUT2D eigenvalue weighted by atomic mass is 9.88. The Morgan fingerprint density at radius 3 is 1.96 bits per heavy atom. The molecule has 0 spiro atoms. The van der Waals surface area contributed by atoms with E-state index in [2.05, 4.69) is 0 Å². The van der Waals surface area contributed by atoms with Gasteiger partial charge in [-0.3, -0.25) is 0 Å². The molecule has 0 aromatic carbocycles. The summed E-state index contributed by atoms with van der Waals surface area (Å²) in [7, 11) is 0. The van der Waals surface area contributed by atoms with Gasteiger partial charge in [0.1, 0.15) is 36.6 Å². The molecular formula is C14H26O9. The topological polar surface area (TPSA) is 149 Å². The lowest BCUT2D eigenvalue weighted by Crippen LogP contribution is -2.63. The molecular weight excluding hydrogens is 312 g/mol. The molecule has 0 aromatic heterocycles. The van der Waals surface area contributed by atoms with Crippen LogP contribution in [0.25, 0.3) is 0 Å². The number of aliphatic hydroxyl groups is 6. The molecule has 0 aliphatic carbocycles. The van der Waals surface area contributed by atoms with E-state index in [0.29, 0.717) is 0 Å². The zero-order valence-electron chi connectivity index (χ0n) is 13.1. The summed E-state index contributed by atoms with van der Waals surface area (Å²) >= 11 is 0. The molecule has 0 bridgehead atoms. The van der Waals surface area contributed by atoms with Gasteiger partial charge in [0.05, 0.1) is 25.4 Å². The average Bonchev–Trinajstić information content (AvgIpc) is 2.55. The van der Waals surface area contributed by atoms with Gasteiger partial charge in [-0.15, -0.1) is 0 Å². The predicted octanol–water partition coefficient (Wildman–Crippen LogP) is -3.05. The molecule has 2 fully saturated rings. The number of ether oxygens (including phenoxy) is 3. The summed E-state index contributed by atoms with van der Waals surface area (Å²) < 4.78 is 16.4. The maximum absolute atomic E-state index is 10.4. The van der Waals surface area contributed by atoms with E-state index in [1.807, 2.05) is 0 Å². The van der Waals surface area contributed by atoms with Crippen molar-refractivity contribution in [2.45, 2.75) is 69.0 Å². The van der Waals surface area contributed by atoms with E-state index in [1.165, 1.54) is 0 Å². The van der Waals surface area contributed by atoms with Gasteiger partial charge in [0.15, 0.2) is 6.29 Å². The van der Waals surface area contributed by atoms with Gasteiger partial charge in [-0.05, 0) is 6.92 Å². The first-order valence-electron chi connectivity index (χ1n) is 7.72. The second-order valence-electron chi connectivity index (χ2n) is 6.21. The van der Waals surface area contributed by atoms with Crippen LogP contribution >= 0.6 is 0 Å². The number of hydrogen-bond acceptors (Lipinski definition) is 9. The third kappa shape index (κ3) is 3.68. The molecule has 6 N–H and O–H groups in total. The standard InChI is InChI=1S/C14H26O9/c1-5-6(2)21-8(4-16)13(9(5)17)23-14-12(20)11(19)10(18)7(3-15)22-14/h5-20H,3-4H2,1-2H3/t5?,6-,7?,8?,9+,10+,11-,12?,13+,14+/m0/s1. The van der Waals surface area contributed by atoms with Gasteiger partial charge in [0.25, 0.3) is 0 Å². The van der Waals surface area contributed by atoms with Crippen LogP contribution in [0.5, 0.6) is 0 Å². The van der Waals surface area contributed by atoms with E-state index in [1.54, 1.807) is 13.8 Å². The third-order valence-electron chi connectivity index (χ3n) is 4.69. The van der Waals surface area contributed by atoms with Crippen molar-refractivity contribution in [1.82, 2.24) is 0 Å². The molecule has 9 nitrogen and oxygen atoms in total. The summed E-state index contributed by atoms with van der Waals surface area (Å²) in [5, 5.41) is 58.4. The molecule has 136 valence electrons. The average molecular weight is 338 g/mol. The highest BCUT2D eigenvalue weighted by molar-refractivity contribution is 4.93. The van der Waals surface area contributed by atoms with Gasteiger partial charge in [0.2, 0.25) is 0 Å². The lowest BCUT2D eigenvalue weighted by molar-refractivity contribution is -0.337. The monoisotopic (exact) mass is 338 g/mol. The molecule has 2 rings (SSSR count). The van der Waals surface area contributed by atoms with Crippen LogP contribution in [0.2, 0.25) is 0 Å². The van der Waals surface area contributed by atoms with Crippen LogP contribution in [-0.2, 0) is 14.2 Å². The second-order valence-corrected chi connectivity index (χ2v) is 6.21. The van der Waals surface area contributed by atoms with Crippen LogP contribution in [0.15, 0.2) is 0 Å². The Labute approximate surface area is 134 Å². The highest BCUT2D eigenvalue weighted by Crippen LogP contribution is 2.31. The van der Waals surface area contributed by atoms with Gasteiger partial charge in [-0.25, -0.2) is 0 Å². The van der Waals surface area contributed by atoms with E-state index in [-0.39, 0.29) is 12.0 Å². The van der Waals surface area contributed by atoms with Crippen LogP contribution < -0.4 is 0 Å². The molecule has 0 radical (unpaired) electrons. The lowest BCUT2D eigenvalue weighted by Gasteiger charge is -2.46. The minimum absolute atomic E-state index is 0.285. The molecule has 0 saturated carbocycles. The Bertz CT molecular complexity index is 377. The Morgan fingerprint density at radius 1 is 0.783 bits per heavy atom. The van der Waals surface area contributed by atoms with E-state index < -0.39 is 62.2 Å². The summed E-state index contributed by atoms with van der Waals surface area (Å²) in [6, 6.07) is 0. The van der Waals surface area contributed by atoms with Crippen LogP contribution in [0, 0.1) is 5.92 Å². The Kier molecular flexibility index (Phi) is 6.34. The SMILES string of the molecule is CC1[C@H](C)OC(CO)[C@@H](O[C@H]2OC(CO)[C@@H](O)[C@H](O)C2O)[C@@H]1O. The fraction of sp³-hybridized carbons (Fsp3) is 1.00. The van der Waals surface area contributed by atoms with Gasteiger partial charge in [-0.1, -0.05) is 6.92 Å². The highest BCUT2D eigenvalue weighted by atomic mass is 16.7. The van der Waals surface area contributed by atoms with Crippen molar-refractivity contribution in [1.29, 1.82) is 0 Å². The van der Waals surface area contributed by atoms with Crippen LogP contribution in [0.1, 0.15) is 13.8 Å². The Balaban J connectivity index is 2.11. The quantitative estimate of drug-likeness (QED) is 0.314. The van der Waals surface area contributed by atoms with Gasteiger partial charge in [0, 0.05) is 5.92 Å². The van der Waals surface area contributed by atoms with E-state index in [9.17, 15) is 25.5 Å². The summed E-state index contributed by atoms with van der Waals surface area (Å²) in [4.78, 5) is 0. The van der Waals surface area contributed by atoms with Crippen LogP contribution in [0.4, 0.5) is 0 Å². The van der Waals surface area contributed by atoms with Crippen molar-refractivity contribution in [2.24, 2.45) is 5.92 Å². The number of hydrogen-bond donors (Lipinski definition) is 6. The van der Waals surface area contributed by atoms with Crippen molar-refractivity contribution in [3.8, 4) is 0 Å². The molecule has 0 amide bonds. The summed E-state index contributed by atoms with van der Waals surface area (Å²) in [5.74, 6) is -0.285. The second kappa shape index (κ2) is 7.68. The first-order valence-corrected chi connectivity index (χ1v) is 7.72. The maximum atomic E-state index is 10.4. The Hall–Kier alpha value is -0.360. The van der Waals surface area contributed by atoms with E-state index >= 15 is 0 Å². The smallest absolute Gasteiger partial charge is 0.187 e. The summed E-state index contributed by atoms with van der Waals surface area (Å²) in [6.07, 6.45) is -10.2. The number of rotatable bonds is 4. The van der Waals surface area contributed by atoms with Crippen molar-refractivity contribution in [2.75, 3.05) is 13.2 Å². The molecule has 4 unspecified atom stereocenters. The molecule has 2 saturated heterocycles. The summed E-state index contributed by atoms with van der Waals surface area (Å²) in [6.45, 7) is 2.54. The fourth-order valence-electron chi connectivity index (χ4n) is 2.92. The number of aliphatic hydroxyl groups excluding tert-OH is 6. The van der Waals surface area contributed by atoms with E-state index in [4.69, 9.17) is 19.3 Å². The van der Waals surface area contributed by atoms with Crippen molar-refractivity contribution >= 4 is 0 Å². The highest BCUT2D eigenvalue weighted by Gasteiger charge is 2.48. The first kappa shape index (κ1) is 19.0. The van der Waals surface area contributed by atoms with Crippen molar-refractivity contribution in [3.05, 3.63) is 0 Å². The van der Waals surface area contributed by atoms with E-state index in [0.717, 1.165) is 0 Å². The van der Waals surface area contributed by atoms with Crippen LogP contribution in [-0.4, -0.2) is 99.0 Å². The third-order valence-corrected chi connectivity index (χ3v) is 4.69. The zero-order chi connectivity index (χ0) is 17.3. The molecule has 2 heterocycles. The maximum Gasteiger partial charge on any atom is 0.187 e. The zero-order valence-corrected chi connectivity index (χ0v) is 13.1.